The smallest absolute Gasteiger partial charge is 0.0599 e. The maximum Gasteiger partial charge on any atom is 0.0599 e. The van der Waals surface area contributed by atoms with Gasteiger partial charge in [0.15, 0.2) is 0 Å². The van der Waals surface area contributed by atoms with Gasteiger partial charge in [-0.15, -0.1) is 0 Å². The zero-order chi connectivity index (χ0) is 13.7. The van der Waals surface area contributed by atoms with Crippen LogP contribution in [0.25, 0.3) is 0 Å². The monoisotopic (exact) mass is 262 g/mol. The third kappa shape index (κ3) is 3.45. The van der Waals surface area contributed by atoms with Crippen molar-refractivity contribution in [1.82, 2.24) is 15.2 Å². The minimum Gasteiger partial charge on any atom is -0.367 e. The average molecular weight is 262 g/mol. The molecule has 1 aromatic heterocycles. The SMILES string of the molecule is CCC(C)N1CCN(c2cnccc2CNC)CC1. The molecule has 0 bridgehead atoms. The Balaban J connectivity index is 2.01. The molecular weight excluding hydrogens is 236 g/mol. The second-order valence-electron chi connectivity index (χ2n) is 5.32. The second-order valence-corrected chi connectivity index (χ2v) is 5.32. The molecular formula is C15H26N4. The van der Waals surface area contributed by atoms with Crippen LogP contribution < -0.4 is 10.2 Å². The lowest BCUT2D eigenvalue weighted by molar-refractivity contribution is 0.192. The predicted octanol–water partition coefficient (Wildman–Crippen LogP) is 1.72. The lowest BCUT2D eigenvalue weighted by atomic mass is 10.1. The summed E-state index contributed by atoms with van der Waals surface area (Å²) in [5.41, 5.74) is 2.63. The van der Waals surface area contributed by atoms with Crippen LogP contribution in [0.4, 0.5) is 5.69 Å². The molecule has 2 rings (SSSR count). The minimum absolute atomic E-state index is 0.702. The normalized spacial score (nSPS) is 18.6. The number of hydrogen-bond donors (Lipinski definition) is 1. The molecule has 0 radical (unpaired) electrons. The fourth-order valence-corrected chi connectivity index (χ4v) is 2.70. The summed E-state index contributed by atoms with van der Waals surface area (Å²) in [5.74, 6) is 0. The highest BCUT2D eigenvalue weighted by Gasteiger charge is 2.21. The molecule has 0 aromatic carbocycles. The molecule has 0 saturated carbocycles. The molecule has 1 aromatic rings. The number of hydrogen-bond acceptors (Lipinski definition) is 4. The fourth-order valence-electron chi connectivity index (χ4n) is 2.70. The Morgan fingerprint density at radius 1 is 1.32 bits per heavy atom. The molecule has 4 nitrogen and oxygen atoms in total. The zero-order valence-electron chi connectivity index (χ0n) is 12.4. The summed E-state index contributed by atoms with van der Waals surface area (Å²) in [4.78, 5) is 9.35. The quantitative estimate of drug-likeness (QED) is 0.875. The van der Waals surface area contributed by atoms with Crippen molar-refractivity contribution in [3.8, 4) is 0 Å². The third-order valence-electron chi connectivity index (χ3n) is 4.12. The molecule has 1 fully saturated rings. The van der Waals surface area contributed by atoms with Crippen LogP contribution in [0.1, 0.15) is 25.8 Å². The van der Waals surface area contributed by atoms with Crippen LogP contribution >= 0.6 is 0 Å². The standard InChI is InChI=1S/C15H26N4/c1-4-13(2)18-7-9-19(10-8-18)15-12-17-6-5-14(15)11-16-3/h5-6,12-13,16H,4,7-11H2,1-3H3. The first-order valence-electron chi connectivity index (χ1n) is 7.32. The Morgan fingerprint density at radius 2 is 2.05 bits per heavy atom. The maximum atomic E-state index is 4.29. The van der Waals surface area contributed by atoms with Crippen LogP contribution in [0.2, 0.25) is 0 Å². The fraction of sp³-hybridized carbons (Fsp3) is 0.667. The Bertz CT molecular complexity index is 385. The van der Waals surface area contributed by atoms with E-state index in [0.717, 1.165) is 32.7 Å². The first-order chi connectivity index (χ1) is 9.26. The summed E-state index contributed by atoms with van der Waals surface area (Å²) in [5, 5.41) is 3.23. The Morgan fingerprint density at radius 3 is 2.68 bits per heavy atom. The van der Waals surface area contributed by atoms with Crippen LogP contribution in [0.15, 0.2) is 18.5 Å². The number of nitrogens with one attached hydrogen (secondary N) is 1. The molecule has 106 valence electrons. The van der Waals surface area contributed by atoms with Gasteiger partial charge in [-0.05, 0) is 32.0 Å². The Hall–Kier alpha value is -1.13. The van der Waals surface area contributed by atoms with Crippen LogP contribution in [0.3, 0.4) is 0 Å². The van der Waals surface area contributed by atoms with Gasteiger partial charge in [-0.1, -0.05) is 6.92 Å². The summed E-state index contributed by atoms with van der Waals surface area (Å²) in [6.45, 7) is 10.0. The van der Waals surface area contributed by atoms with Gasteiger partial charge in [0.2, 0.25) is 0 Å². The first kappa shape index (κ1) is 14.3. The summed E-state index contributed by atoms with van der Waals surface area (Å²) in [6, 6.07) is 2.82. The summed E-state index contributed by atoms with van der Waals surface area (Å²) in [6.07, 6.45) is 5.12. The van der Waals surface area contributed by atoms with E-state index in [4.69, 9.17) is 0 Å². The molecule has 1 aliphatic heterocycles. The van der Waals surface area contributed by atoms with E-state index in [-0.39, 0.29) is 0 Å². The van der Waals surface area contributed by atoms with Gasteiger partial charge in [-0.2, -0.15) is 0 Å². The Labute approximate surface area is 116 Å². The molecule has 4 heteroatoms. The van der Waals surface area contributed by atoms with E-state index >= 15 is 0 Å². The molecule has 0 amide bonds. The molecule has 0 aliphatic carbocycles. The van der Waals surface area contributed by atoms with E-state index in [1.54, 1.807) is 0 Å². The number of pyridine rings is 1. The highest BCUT2D eigenvalue weighted by Crippen LogP contribution is 2.21. The van der Waals surface area contributed by atoms with Gasteiger partial charge in [0.25, 0.3) is 0 Å². The number of nitrogens with zero attached hydrogens (tertiary/aromatic N) is 3. The minimum atomic E-state index is 0.702. The molecule has 1 atom stereocenters. The summed E-state index contributed by atoms with van der Waals surface area (Å²) >= 11 is 0. The van der Waals surface area contributed by atoms with Crippen LogP contribution in [-0.4, -0.2) is 49.2 Å². The van der Waals surface area contributed by atoms with E-state index in [0.29, 0.717) is 6.04 Å². The Kier molecular flexibility index (Phi) is 5.16. The molecule has 19 heavy (non-hydrogen) atoms. The molecule has 1 unspecified atom stereocenters. The molecule has 2 heterocycles. The average Bonchev–Trinajstić information content (AvgIpc) is 2.47. The van der Waals surface area contributed by atoms with Gasteiger partial charge < -0.3 is 10.2 Å². The number of piperazine rings is 1. The van der Waals surface area contributed by atoms with Crippen molar-refractivity contribution in [2.24, 2.45) is 0 Å². The van der Waals surface area contributed by atoms with Crippen molar-refractivity contribution >= 4 is 5.69 Å². The molecule has 0 spiro atoms. The van der Waals surface area contributed by atoms with Gasteiger partial charge >= 0.3 is 0 Å². The largest absolute Gasteiger partial charge is 0.367 e. The van der Waals surface area contributed by atoms with Crippen molar-refractivity contribution in [3.05, 3.63) is 24.0 Å². The lowest BCUT2D eigenvalue weighted by Gasteiger charge is -2.39. The number of rotatable bonds is 5. The third-order valence-corrected chi connectivity index (χ3v) is 4.12. The van der Waals surface area contributed by atoms with E-state index in [1.165, 1.54) is 17.7 Å². The van der Waals surface area contributed by atoms with Crippen LogP contribution in [0.5, 0.6) is 0 Å². The van der Waals surface area contributed by atoms with Crippen LogP contribution in [0, 0.1) is 0 Å². The van der Waals surface area contributed by atoms with Gasteiger partial charge in [0, 0.05) is 45.0 Å². The topological polar surface area (TPSA) is 31.4 Å². The first-order valence-corrected chi connectivity index (χ1v) is 7.32. The van der Waals surface area contributed by atoms with Gasteiger partial charge in [-0.25, -0.2) is 0 Å². The summed E-state index contributed by atoms with van der Waals surface area (Å²) < 4.78 is 0. The predicted molar refractivity (Wildman–Crippen MR) is 80.5 cm³/mol. The summed E-state index contributed by atoms with van der Waals surface area (Å²) in [7, 11) is 1.99. The van der Waals surface area contributed by atoms with Crippen molar-refractivity contribution < 1.29 is 0 Å². The van der Waals surface area contributed by atoms with Crippen molar-refractivity contribution in [2.75, 3.05) is 38.1 Å². The maximum absolute atomic E-state index is 4.29. The van der Waals surface area contributed by atoms with Crippen molar-refractivity contribution in [2.45, 2.75) is 32.9 Å². The second kappa shape index (κ2) is 6.87. The lowest BCUT2D eigenvalue weighted by Crippen LogP contribution is -2.49. The highest BCUT2D eigenvalue weighted by atomic mass is 15.3. The number of anilines is 1. The molecule has 1 aliphatic rings. The molecule has 1 N–H and O–H groups in total. The van der Waals surface area contributed by atoms with Gasteiger partial charge in [0.1, 0.15) is 0 Å². The molecule has 1 saturated heterocycles. The van der Waals surface area contributed by atoms with E-state index in [9.17, 15) is 0 Å². The van der Waals surface area contributed by atoms with Gasteiger partial charge in [-0.3, -0.25) is 9.88 Å². The highest BCUT2D eigenvalue weighted by molar-refractivity contribution is 5.52. The van der Waals surface area contributed by atoms with Crippen LogP contribution in [-0.2, 0) is 6.54 Å². The van der Waals surface area contributed by atoms with Crippen molar-refractivity contribution in [3.63, 3.8) is 0 Å². The van der Waals surface area contributed by atoms with E-state index < -0.39 is 0 Å². The van der Waals surface area contributed by atoms with Crippen molar-refractivity contribution in [1.29, 1.82) is 0 Å². The van der Waals surface area contributed by atoms with E-state index in [2.05, 4.69) is 40.0 Å². The zero-order valence-corrected chi connectivity index (χ0v) is 12.4. The number of aromatic nitrogens is 1. The van der Waals surface area contributed by atoms with E-state index in [1.807, 2.05) is 19.4 Å². The van der Waals surface area contributed by atoms with Gasteiger partial charge in [0.05, 0.1) is 11.9 Å².